The summed E-state index contributed by atoms with van der Waals surface area (Å²) in [6.45, 7) is 3.13. The maximum atomic E-state index is 12.6. The zero-order valence-electron chi connectivity index (χ0n) is 14.8. The third-order valence-corrected chi connectivity index (χ3v) is 5.63. The van der Waals surface area contributed by atoms with Gasteiger partial charge < -0.3 is 15.0 Å². The lowest BCUT2D eigenvalue weighted by Crippen LogP contribution is -2.37. The van der Waals surface area contributed by atoms with E-state index in [-0.39, 0.29) is 12.5 Å². The van der Waals surface area contributed by atoms with Crippen molar-refractivity contribution in [1.29, 1.82) is 0 Å². The number of aryl methyl sites for hydroxylation is 2. The summed E-state index contributed by atoms with van der Waals surface area (Å²) in [5.74, 6) is 0.410. The van der Waals surface area contributed by atoms with Gasteiger partial charge in [-0.2, -0.15) is 5.10 Å². The second-order valence-corrected chi connectivity index (χ2v) is 7.53. The molecule has 0 saturated heterocycles. The third-order valence-electron chi connectivity index (χ3n) is 4.78. The highest BCUT2D eigenvalue weighted by Crippen LogP contribution is 2.24. The number of fused-ring (bicyclic) bond motifs is 2. The number of aliphatic hydroxyl groups is 1. The van der Waals surface area contributed by atoms with E-state index >= 15 is 0 Å². The number of H-pyrrole nitrogens is 1. The van der Waals surface area contributed by atoms with Crippen molar-refractivity contribution < 1.29 is 9.90 Å². The van der Waals surface area contributed by atoms with Gasteiger partial charge in [-0.3, -0.25) is 9.48 Å². The largest absolute Gasteiger partial charge is 0.390 e. The number of aromatic nitrogens is 4. The SMILES string of the molecule is Cc1ccc2nc(SCC(=O)N3CCc4c(c(CO)nn4C)C3)[nH]c2c1. The van der Waals surface area contributed by atoms with E-state index in [1.54, 1.807) is 0 Å². The molecule has 136 valence electrons. The predicted molar refractivity (Wildman–Crippen MR) is 99.8 cm³/mol. The van der Waals surface area contributed by atoms with Crippen molar-refractivity contribution in [2.45, 2.75) is 31.7 Å². The Balaban J connectivity index is 1.43. The summed E-state index contributed by atoms with van der Waals surface area (Å²) < 4.78 is 1.81. The number of carbonyl (C=O) groups is 1. The molecule has 7 nitrogen and oxygen atoms in total. The summed E-state index contributed by atoms with van der Waals surface area (Å²) in [6.07, 6.45) is 0.763. The number of benzene rings is 1. The van der Waals surface area contributed by atoms with Gasteiger partial charge >= 0.3 is 0 Å². The molecular formula is C18H21N5O2S. The smallest absolute Gasteiger partial charge is 0.233 e. The fourth-order valence-corrected chi connectivity index (χ4v) is 4.19. The zero-order chi connectivity index (χ0) is 18.3. The lowest BCUT2D eigenvalue weighted by molar-refractivity contribution is -0.129. The molecule has 4 rings (SSSR count). The molecular weight excluding hydrogens is 350 g/mol. The lowest BCUT2D eigenvalue weighted by Gasteiger charge is -2.27. The van der Waals surface area contributed by atoms with Crippen molar-refractivity contribution in [3.8, 4) is 0 Å². The minimum absolute atomic E-state index is 0.0741. The number of imidazole rings is 1. The minimum Gasteiger partial charge on any atom is -0.390 e. The summed E-state index contributed by atoms with van der Waals surface area (Å²) in [4.78, 5) is 22.3. The highest BCUT2D eigenvalue weighted by molar-refractivity contribution is 7.99. The molecule has 0 radical (unpaired) electrons. The second kappa shape index (κ2) is 6.77. The van der Waals surface area contributed by atoms with E-state index in [9.17, 15) is 9.90 Å². The number of carbonyl (C=O) groups excluding carboxylic acids is 1. The lowest BCUT2D eigenvalue weighted by atomic mass is 10.1. The quantitative estimate of drug-likeness (QED) is 0.683. The molecule has 0 bridgehead atoms. The van der Waals surface area contributed by atoms with Crippen LogP contribution in [0.5, 0.6) is 0 Å². The van der Waals surface area contributed by atoms with Gasteiger partial charge in [0.15, 0.2) is 5.16 Å². The molecule has 0 saturated carbocycles. The molecule has 0 fully saturated rings. The Morgan fingerprint density at radius 1 is 1.42 bits per heavy atom. The first kappa shape index (κ1) is 17.1. The average Bonchev–Trinajstić information content (AvgIpc) is 3.19. The second-order valence-electron chi connectivity index (χ2n) is 6.57. The van der Waals surface area contributed by atoms with Crippen molar-refractivity contribution >= 4 is 28.7 Å². The van der Waals surface area contributed by atoms with Crippen LogP contribution in [0.1, 0.15) is 22.5 Å². The Bertz CT molecular complexity index is 978. The van der Waals surface area contributed by atoms with Crippen LogP contribution in [-0.4, -0.2) is 48.0 Å². The number of hydrogen-bond acceptors (Lipinski definition) is 5. The molecule has 2 N–H and O–H groups in total. The highest BCUT2D eigenvalue weighted by atomic mass is 32.2. The number of thioether (sulfide) groups is 1. The number of nitrogens with zero attached hydrogens (tertiary/aromatic N) is 4. The Hall–Kier alpha value is -2.32. The van der Waals surface area contributed by atoms with E-state index < -0.39 is 0 Å². The number of hydrogen-bond donors (Lipinski definition) is 2. The van der Waals surface area contributed by atoms with Crippen molar-refractivity contribution in [1.82, 2.24) is 24.6 Å². The number of nitrogens with one attached hydrogen (secondary N) is 1. The van der Waals surface area contributed by atoms with Crippen molar-refractivity contribution in [2.75, 3.05) is 12.3 Å². The first-order valence-corrected chi connectivity index (χ1v) is 9.55. The van der Waals surface area contributed by atoms with Crippen LogP contribution in [0.2, 0.25) is 0 Å². The van der Waals surface area contributed by atoms with Gasteiger partial charge in [-0.05, 0) is 24.6 Å². The molecule has 0 unspecified atom stereocenters. The Labute approximate surface area is 155 Å². The van der Waals surface area contributed by atoms with E-state index in [0.29, 0.717) is 24.5 Å². The molecule has 0 atom stereocenters. The van der Waals surface area contributed by atoms with Gasteiger partial charge in [0.2, 0.25) is 5.91 Å². The van der Waals surface area contributed by atoms with Crippen LogP contribution in [0.15, 0.2) is 23.4 Å². The fourth-order valence-electron chi connectivity index (χ4n) is 3.40. The van der Waals surface area contributed by atoms with Crippen LogP contribution in [0.4, 0.5) is 0 Å². The maximum absolute atomic E-state index is 12.6. The summed E-state index contributed by atoms with van der Waals surface area (Å²) in [6, 6.07) is 6.07. The highest BCUT2D eigenvalue weighted by Gasteiger charge is 2.26. The monoisotopic (exact) mass is 371 g/mol. The molecule has 3 heterocycles. The molecule has 0 aliphatic carbocycles. The first-order chi connectivity index (χ1) is 12.5. The minimum atomic E-state index is -0.0989. The van der Waals surface area contributed by atoms with E-state index in [2.05, 4.69) is 21.1 Å². The Morgan fingerprint density at radius 2 is 2.27 bits per heavy atom. The molecule has 26 heavy (non-hydrogen) atoms. The van der Waals surface area contributed by atoms with E-state index in [4.69, 9.17) is 0 Å². The predicted octanol–water partition coefficient (Wildman–Crippen LogP) is 1.77. The molecule has 1 amide bonds. The number of amides is 1. The number of aliphatic hydroxyl groups excluding tert-OH is 1. The van der Waals surface area contributed by atoms with Gasteiger partial charge in [-0.1, -0.05) is 17.8 Å². The van der Waals surface area contributed by atoms with Gasteiger partial charge in [0.1, 0.15) is 0 Å². The van der Waals surface area contributed by atoms with Gasteiger partial charge in [-0.25, -0.2) is 4.98 Å². The summed E-state index contributed by atoms with van der Waals surface area (Å²) >= 11 is 1.42. The van der Waals surface area contributed by atoms with E-state index in [1.807, 2.05) is 35.7 Å². The van der Waals surface area contributed by atoms with E-state index in [1.165, 1.54) is 17.3 Å². The molecule has 2 aromatic heterocycles. The van der Waals surface area contributed by atoms with Gasteiger partial charge in [0.25, 0.3) is 0 Å². The molecule has 1 aliphatic heterocycles. The molecule has 0 spiro atoms. The van der Waals surface area contributed by atoms with Gasteiger partial charge in [0, 0.05) is 37.8 Å². The Morgan fingerprint density at radius 3 is 3.08 bits per heavy atom. The topological polar surface area (TPSA) is 87.0 Å². The summed E-state index contributed by atoms with van der Waals surface area (Å²) in [5, 5.41) is 14.6. The molecule has 3 aromatic rings. The fraction of sp³-hybridized carbons (Fsp3) is 0.389. The van der Waals surface area contributed by atoms with E-state index in [0.717, 1.165) is 33.9 Å². The van der Waals surface area contributed by atoms with Crippen LogP contribution >= 0.6 is 11.8 Å². The molecule has 8 heteroatoms. The first-order valence-electron chi connectivity index (χ1n) is 8.56. The molecule has 1 aliphatic rings. The summed E-state index contributed by atoms with van der Waals surface area (Å²) in [7, 11) is 1.88. The number of aromatic amines is 1. The van der Waals surface area contributed by atoms with Crippen LogP contribution in [0, 0.1) is 6.92 Å². The van der Waals surface area contributed by atoms with Crippen molar-refractivity contribution in [3.63, 3.8) is 0 Å². The zero-order valence-corrected chi connectivity index (χ0v) is 15.6. The Kier molecular flexibility index (Phi) is 4.46. The maximum Gasteiger partial charge on any atom is 0.233 e. The van der Waals surface area contributed by atoms with Gasteiger partial charge in [0.05, 0.1) is 29.1 Å². The standard InChI is InChI=1S/C18H21N5O2S/c1-11-3-4-13-14(7-11)20-18(19-13)26-10-17(25)23-6-5-16-12(8-23)15(9-24)21-22(16)2/h3-4,7,24H,5-6,8-10H2,1-2H3,(H,19,20). The van der Waals surface area contributed by atoms with Crippen LogP contribution in [0.3, 0.4) is 0 Å². The normalized spacial score (nSPS) is 14.0. The van der Waals surface area contributed by atoms with Crippen molar-refractivity contribution in [3.05, 3.63) is 40.7 Å². The van der Waals surface area contributed by atoms with Crippen molar-refractivity contribution in [2.24, 2.45) is 7.05 Å². The van der Waals surface area contributed by atoms with Crippen LogP contribution in [-0.2, 0) is 31.4 Å². The van der Waals surface area contributed by atoms with Gasteiger partial charge in [-0.15, -0.1) is 0 Å². The van der Waals surface area contributed by atoms with Crippen LogP contribution in [0.25, 0.3) is 11.0 Å². The van der Waals surface area contributed by atoms with Crippen LogP contribution < -0.4 is 0 Å². The average molecular weight is 371 g/mol. The number of rotatable bonds is 4. The summed E-state index contributed by atoms with van der Waals surface area (Å²) in [5.41, 5.74) is 5.84. The third kappa shape index (κ3) is 3.10. The molecule has 1 aromatic carbocycles.